The van der Waals surface area contributed by atoms with Crippen molar-refractivity contribution in [3.63, 3.8) is 0 Å². The number of aromatic nitrogens is 1. The molecule has 0 saturated heterocycles. The van der Waals surface area contributed by atoms with E-state index in [0.29, 0.717) is 29.3 Å². The first-order chi connectivity index (χ1) is 15.9. The number of ether oxygens (including phenoxy) is 1. The average molecular weight is 451 g/mol. The van der Waals surface area contributed by atoms with Crippen molar-refractivity contribution in [1.82, 2.24) is 20.3 Å². The van der Waals surface area contributed by atoms with Gasteiger partial charge in [0.2, 0.25) is 0 Å². The Morgan fingerprint density at radius 3 is 2.76 bits per heavy atom. The van der Waals surface area contributed by atoms with Gasteiger partial charge in [-0.15, -0.1) is 0 Å². The Bertz CT molecular complexity index is 1230. The van der Waals surface area contributed by atoms with Crippen molar-refractivity contribution in [3.05, 3.63) is 64.0 Å². The lowest BCUT2D eigenvalue weighted by atomic mass is 10.0. The zero-order valence-electron chi connectivity index (χ0n) is 18.6. The number of urea groups is 1. The molecule has 0 fully saturated rings. The first-order valence-electron chi connectivity index (χ1n) is 10.6. The van der Waals surface area contributed by atoms with E-state index in [1.165, 1.54) is 12.0 Å². The molecule has 0 radical (unpaired) electrons. The molecule has 2 amide bonds. The van der Waals surface area contributed by atoms with Crippen LogP contribution in [0.15, 0.2) is 57.3 Å². The summed E-state index contributed by atoms with van der Waals surface area (Å²) < 4.78 is 10.6. The van der Waals surface area contributed by atoms with Gasteiger partial charge in [0.25, 0.3) is 0 Å². The van der Waals surface area contributed by atoms with Crippen molar-refractivity contribution in [2.24, 2.45) is 4.99 Å². The van der Waals surface area contributed by atoms with Crippen LogP contribution in [0.4, 0.5) is 4.79 Å². The number of carboxylic acids is 1. The number of amides is 2. The number of nitrogens with zero attached hydrogens (tertiary/aromatic N) is 4. The van der Waals surface area contributed by atoms with Gasteiger partial charge in [0.05, 0.1) is 30.3 Å². The highest BCUT2D eigenvalue weighted by Gasteiger charge is 2.43. The van der Waals surface area contributed by atoms with Crippen molar-refractivity contribution in [2.45, 2.75) is 32.5 Å². The lowest BCUT2D eigenvalue weighted by molar-refractivity contribution is -0.133. The summed E-state index contributed by atoms with van der Waals surface area (Å²) in [6, 6.07) is 8.63. The average Bonchev–Trinajstić information content (AvgIpc) is 3.30. The molecule has 0 saturated carbocycles. The third-order valence-corrected chi connectivity index (χ3v) is 5.59. The smallest absolute Gasteiger partial charge is 0.337 e. The van der Waals surface area contributed by atoms with Crippen LogP contribution < -0.4 is 16.0 Å². The van der Waals surface area contributed by atoms with Gasteiger partial charge in [-0.05, 0) is 25.0 Å². The van der Waals surface area contributed by atoms with E-state index in [1.54, 1.807) is 23.4 Å². The van der Waals surface area contributed by atoms with Gasteiger partial charge in [0, 0.05) is 12.7 Å². The number of hydrogen-bond donors (Lipinski definition) is 2. The Balaban J connectivity index is 1.77. The van der Waals surface area contributed by atoms with Crippen molar-refractivity contribution in [2.75, 3.05) is 13.7 Å². The van der Waals surface area contributed by atoms with Crippen LogP contribution in [-0.2, 0) is 9.53 Å². The fourth-order valence-electron chi connectivity index (χ4n) is 3.95. The zero-order chi connectivity index (χ0) is 23.5. The van der Waals surface area contributed by atoms with Gasteiger partial charge in [-0.1, -0.05) is 42.4 Å². The summed E-state index contributed by atoms with van der Waals surface area (Å²) in [4.78, 5) is 33.2. The third-order valence-electron chi connectivity index (χ3n) is 5.59. The molecule has 2 unspecified atom stereocenters. The zero-order valence-corrected chi connectivity index (χ0v) is 18.6. The van der Waals surface area contributed by atoms with Crippen LogP contribution in [0.25, 0.3) is 12.3 Å². The molecule has 0 aliphatic carbocycles. The molecule has 2 N–H and O–H groups in total. The summed E-state index contributed by atoms with van der Waals surface area (Å²) in [5.74, 6) is -1.16. The molecule has 3 heterocycles. The van der Waals surface area contributed by atoms with E-state index in [1.807, 2.05) is 44.2 Å². The van der Waals surface area contributed by atoms with Gasteiger partial charge >= 0.3 is 18.0 Å². The Kier molecular flexibility index (Phi) is 6.16. The molecule has 1 aromatic heterocycles. The maximum absolute atomic E-state index is 13.5. The number of carbonyl (C=O) groups is 2. The van der Waals surface area contributed by atoms with Gasteiger partial charge in [-0.2, -0.15) is 0 Å². The molecule has 0 spiro atoms. The number of aliphatic imine (C=N–C) groups is 1. The number of carboxylic acid groups (broad SMARTS) is 1. The summed E-state index contributed by atoms with van der Waals surface area (Å²) in [6.45, 7) is 3.96. The number of amidine groups is 1. The molecule has 2 aliphatic rings. The minimum absolute atomic E-state index is 0.00497. The van der Waals surface area contributed by atoms with Gasteiger partial charge < -0.3 is 24.6 Å². The molecular weight excluding hydrogens is 426 g/mol. The normalized spacial score (nSPS) is 18.5. The number of carbonyl (C=O) groups excluding carboxylic acids is 1. The second-order valence-corrected chi connectivity index (χ2v) is 7.62. The maximum Gasteiger partial charge on any atom is 0.337 e. The van der Waals surface area contributed by atoms with Crippen molar-refractivity contribution in [3.8, 4) is 0 Å². The Morgan fingerprint density at radius 1 is 1.33 bits per heavy atom. The number of benzene rings is 1. The molecule has 10 nitrogen and oxygen atoms in total. The number of rotatable bonds is 5. The van der Waals surface area contributed by atoms with Crippen molar-refractivity contribution >= 4 is 30.3 Å². The predicted molar refractivity (Wildman–Crippen MR) is 120 cm³/mol. The Hall–Kier alpha value is -4.08. The van der Waals surface area contributed by atoms with Crippen LogP contribution in [0.1, 0.15) is 31.9 Å². The van der Waals surface area contributed by atoms with Crippen LogP contribution in [-0.4, -0.2) is 57.9 Å². The van der Waals surface area contributed by atoms with E-state index in [0.717, 1.165) is 5.56 Å². The predicted octanol–water partition coefficient (Wildman–Crippen LogP) is 1.37. The molecule has 2 aliphatic heterocycles. The summed E-state index contributed by atoms with van der Waals surface area (Å²) in [5, 5.41) is 17.5. The molecule has 172 valence electrons. The van der Waals surface area contributed by atoms with E-state index < -0.39 is 18.2 Å². The highest BCUT2D eigenvalue weighted by molar-refractivity contribution is 6.00. The van der Waals surface area contributed by atoms with E-state index in [9.17, 15) is 14.7 Å². The Labute approximate surface area is 190 Å². The fraction of sp³-hybridized carbons (Fsp3) is 0.304. The van der Waals surface area contributed by atoms with Gasteiger partial charge in [-0.3, -0.25) is 0 Å². The van der Waals surface area contributed by atoms with E-state index in [2.05, 4.69) is 15.5 Å². The third kappa shape index (κ3) is 4.19. The summed E-state index contributed by atoms with van der Waals surface area (Å²) >= 11 is 0. The number of nitrogens with one attached hydrogen (secondary N) is 1. The van der Waals surface area contributed by atoms with Crippen molar-refractivity contribution < 1.29 is 24.0 Å². The lowest BCUT2D eigenvalue weighted by Gasteiger charge is -2.41. The molecule has 33 heavy (non-hydrogen) atoms. The number of allylic oxidation sites excluding steroid dienone is 1. The molecule has 2 aromatic rings. The number of fused-ring (bicyclic) bond motifs is 1. The van der Waals surface area contributed by atoms with E-state index >= 15 is 0 Å². The monoisotopic (exact) mass is 451 g/mol. The van der Waals surface area contributed by atoms with Crippen LogP contribution in [0.3, 0.4) is 0 Å². The second-order valence-electron chi connectivity index (χ2n) is 7.62. The standard InChI is InChI=1S/C23H25N5O5/c1-4-17-19(21(29)30)20(27-11-10-18-16(13-27)12-24-33-18)28(23(26-17)32-3)22(31)25-14(2)15-8-6-5-7-9-15/h5-10,12-14,20H,4,11H2,1-3H3,(H,25,31)(H,29,30). The van der Waals surface area contributed by atoms with Gasteiger partial charge in [0.15, 0.2) is 11.6 Å². The fourth-order valence-corrected chi connectivity index (χ4v) is 3.95. The quantitative estimate of drug-likeness (QED) is 0.704. The van der Waals surface area contributed by atoms with Gasteiger partial charge in [0.1, 0.15) is 5.57 Å². The van der Waals surface area contributed by atoms with E-state index in [-0.39, 0.29) is 17.6 Å². The molecular formula is C23H25N5O5. The lowest BCUT2D eigenvalue weighted by Crippen LogP contribution is -2.60. The van der Waals surface area contributed by atoms with Crippen LogP contribution in [0.5, 0.6) is 0 Å². The first kappa shape index (κ1) is 22.1. The summed E-state index contributed by atoms with van der Waals surface area (Å²) in [6.07, 6.45) is 4.42. The minimum Gasteiger partial charge on any atom is -0.478 e. The number of aliphatic carboxylic acids is 1. The number of methoxy groups -OCH3 is 1. The van der Waals surface area contributed by atoms with Crippen LogP contribution in [0.2, 0.25) is 0 Å². The van der Waals surface area contributed by atoms with Crippen LogP contribution in [0, 0.1) is 0 Å². The molecule has 10 heteroatoms. The summed E-state index contributed by atoms with van der Waals surface area (Å²) in [5.41, 5.74) is 1.85. The topological polar surface area (TPSA) is 120 Å². The molecule has 1 aromatic carbocycles. The highest BCUT2D eigenvalue weighted by Crippen LogP contribution is 2.29. The Morgan fingerprint density at radius 2 is 2.09 bits per heavy atom. The first-order valence-corrected chi connectivity index (χ1v) is 10.6. The largest absolute Gasteiger partial charge is 0.478 e. The van der Waals surface area contributed by atoms with Gasteiger partial charge in [-0.25, -0.2) is 19.5 Å². The minimum atomic E-state index is -1.16. The van der Waals surface area contributed by atoms with E-state index in [4.69, 9.17) is 9.26 Å². The molecule has 4 rings (SSSR count). The molecule has 0 bridgehead atoms. The summed E-state index contributed by atoms with van der Waals surface area (Å²) in [7, 11) is 1.40. The number of hydrogen-bond acceptors (Lipinski definition) is 7. The maximum atomic E-state index is 13.5. The second kappa shape index (κ2) is 9.19. The SMILES string of the molecule is CCC1=C(C(=O)O)C(N2C=c3cnoc3=CC2)N(C(=O)NC(C)c2ccccc2)C(OC)=N1. The van der Waals surface area contributed by atoms with Crippen LogP contribution >= 0.6 is 0 Å². The molecule has 2 atom stereocenters. The van der Waals surface area contributed by atoms with Crippen molar-refractivity contribution in [1.29, 1.82) is 0 Å². The highest BCUT2D eigenvalue weighted by atomic mass is 16.5.